The van der Waals surface area contributed by atoms with Gasteiger partial charge < -0.3 is 10.0 Å². The first-order chi connectivity index (χ1) is 7.52. The number of carbonyl (C=O) groups is 1. The average Bonchev–Trinajstić information content (AvgIpc) is 2.25. The van der Waals surface area contributed by atoms with Gasteiger partial charge in [0, 0.05) is 38.5 Å². The number of alkyl halides is 2. The van der Waals surface area contributed by atoms with Crippen LogP contribution in [0, 0.1) is 11.8 Å². The summed E-state index contributed by atoms with van der Waals surface area (Å²) in [5, 5.41) is 8.95. The maximum absolute atomic E-state index is 12.6. The number of aliphatic hydroxyl groups is 1. The molecule has 1 amide bonds. The summed E-state index contributed by atoms with van der Waals surface area (Å²) in [6, 6.07) is 0. The second-order valence-corrected chi connectivity index (χ2v) is 4.91. The van der Waals surface area contributed by atoms with Crippen molar-refractivity contribution in [2.75, 3.05) is 19.7 Å². The molecule has 0 radical (unpaired) electrons. The zero-order chi connectivity index (χ0) is 11.8. The molecular weight excluding hydrogens is 216 g/mol. The number of amides is 1. The topological polar surface area (TPSA) is 40.5 Å². The Labute approximate surface area is 93.4 Å². The standard InChI is InChI=1S/C11H17F2NO2/c12-11(13)5-9(6-11)10(16)14-3-1-8(7-15)2-4-14/h8-9,15H,1-7H2. The minimum Gasteiger partial charge on any atom is -0.396 e. The lowest BCUT2D eigenvalue weighted by Gasteiger charge is -2.39. The Morgan fingerprint density at radius 2 is 1.88 bits per heavy atom. The molecule has 1 saturated heterocycles. The highest BCUT2D eigenvalue weighted by molar-refractivity contribution is 5.80. The molecule has 0 spiro atoms. The predicted octanol–water partition coefficient (Wildman–Crippen LogP) is 1.26. The fourth-order valence-corrected chi connectivity index (χ4v) is 2.43. The van der Waals surface area contributed by atoms with Crippen LogP contribution in [0.2, 0.25) is 0 Å². The molecule has 1 aliphatic heterocycles. The zero-order valence-corrected chi connectivity index (χ0v) is 9.16. The van der Waals surface area contributed by atoms with Crippen LogP contribution in [0.3, 0.4) is 0 Å². The van der Waals surface area contributed by atoms with Crippen LogP contribution in [-0.4, -0.2) is 41.5 Å². The number of piperidine rings is 1. The van der Waals surface area contributed by atoms with Gasteiger partial charge in [0.1, 0.15) is 0 Å². The first kappa shape index (κ1) is 11.8. The predicted molar refractivity (Wildman–Crippen MR) is 54.1 cm³/mol. The van der Waals surface area contributed by atoms with Gasteiger partial charge in [-0.2, -0.15) is 0 Å². The van der Waals surface area contributed by atoms with Gasteiger partial charge in [-0.3, -0.25) is 4.79 Å². The number of halogens is 2. The Morgan fingerprint density at radius 1 is 1.31 bits per heavy atom. The molecule has 0 bridgehead atoms. The summed E-state index contributed by atoms with van der Waals surface area (Å²) in [6.45, 7) is 1.36. The normalized spacial score (nSPS) is 26.6. The van der Waals surface area contributed by atoms with Crippen molar-refractivity contribution in [3.05, 3.63) is 0 Å². The molecule has 5 heteroatoms. The Balaban J connectivity index is 1.79. The van der Waals surface area contributed by atoms with Crippen molar-refractivity contribution >= 4 is 5.91 Å². The lowest BCUT2D eigenvalue weighted by atomic mass is 9.80. The molecule has 2 fully saturated rings. The van der Waals surface area contributed by atoms with Gasteiger partial charge in [-0.15, -0.1) is 0 Å². The molecular formula is C11H17F2NO2. The highest BCUT2D eigenvalue weighted by atomic mass is 19.3. The van der Waals surface area contributed by atoms with Gasteiger partial charge in [0.25, 0.3) is 0 Å². The molecule has 0 aromatic rings. The van der Waals surface area contributed by atoms with Crippen molar-refractivity contribution in [2.45, 2.75) is 31.6 Å². The molecule has 1 aliphatic carbocycles. The number of rotatable bonds is 2. The Morgan fingerprint density at radius 3 is 2.31 bits per heavy atom. The van der Waals surface area contributed by atoms with Gasteiger partial charge in [-0.25, -0.2) is 8.78 Å². The van der Waals surface area contributed by atoms with E-state index >= 15 is 0 Å². The SMILES string of the molecule is O=C(C1CC(F)(F)C1)N1CCC(CO)CC1. The van der Waals surface area contributed by atoms with E-state index in [0.717, 1.165) is 12.8 Å². The summed E-state index contributed by atoms with van der Waals surface area (Å²) in [6.07, 6.45) is 0.994. The summed E-state index contributed by atoms with van der Waals surface area (Å²) >= 11 is 0. The van der Waals surface area contributed by atoms with Crippen LogP contribution in [0.4, 0.5) is 8.78 Å². The molecule has 92 valence electrons. The first-order valence-corrected chi connectivity index (χ1v) is 5.79. The maximum Gasteiger partial charge on any atom is 0.249 e. The monoisotopic (exact) mass is 233 g/mol. The third kappa shape index (κ3) is 2.34. The second kappa shape index (κ2) is 4.28. The largest absolute Gasteiger partial charge is 0.396 e. The minimum absolute atomic E-state index is 0.123. The van der Waals surface area contributed by atoms with Crippen molar-refractivity contribution in [2.24, 2.45) is 11.8 Å². The fraction of sp³-hybridized carbons (Fsp3) is 0.909. The third-order valence-corrected chi connectivity index (χ3v) is 3.62. The smallest absolute Gasteiger partial charge is 0.249 e. The molecule has 16 heavy (non-hydrogen) atoms. The van der Waals surface area contributed by atoms with Crippen LogP contribution < -0.4 is 0 Å². The van der Waals surface area contributed by atoms with Crippen LogP contribution in [0.25, 0.3) is 0 Å². The van der Waals surface area contributed by atoms with E-state index in [1.807, 2.05) is 0 Å². The summed E-state index contributed by atoms with van der Waals surface area (Å²) in [4.78, 5) is 13.5. The van der Waals surface area contributed by atoms with Gasteiger partial charge in [0.2, 0.25) is 11.8 Å². The third-order valence-electron chi connectivity index (χ3n) is 3.62. The Kier molecular flexibility index (Phi) is 3.15. The van der Waals surface area contributed by atoms with E-state index in [1.54, 1.807) is 4.90 Å². The second-order valence-electron chi connectivity index (χ2n) is 4.91. The molecule has 0 aromatic heterocycles. The molecule has 2 rings (SSSR count). The Bertz CT molecular complexity index is 267. The Hall–Kier alpha value is -0.710. The minimum atomic E-state index is -2.62. The van der Waals surface area contributed by atoms with Gasteiger partial charge >= 0.3 is 0 Å². The number of likely N-dealkylation sites (tertiary alicyclic amines) is 1. The van der Waals surface area contributed by atoms with E-state index < -0.39 is 11.8 Å². The van der Waals surface area contributed by atoms with E-state index in [0.29, 0.717) is 13.1 Å². The van der Waals surface area contributed by atoms with E-state index in [2.05, 4.69) is 0 Å². The maximum atomic E-state index is 12.6. The lowest BCUT2D eigenvalue weighted by molar-refractivity contribution is -0.161. The summed E-state index contributed by atoms with van der Waals surface area (Å²) in [7, 11) is 0. The van der Waals surface area contributed by atoms with Gasteiger partial charge in [-0.1, -0.05) is 0 Å². The van der Waals surface area contributed by atoms with Crippen molar-refractivity contribution < 1.29 is 18.7 Å². The fourth-order valence-electron chi connectivity index (χ4n) is 2.43. The van der Waals surface area contributed by atoms with Crippen molar-refractivity contribution in [1.29, 1.82) is 0 Å². The number of nitrogens with zero attached hydrogens (tertiary/aromatic N) is 1. The van der Waals surface area contributed by atoms with E-state index in [4.69, 9.17) is 5.11 Å². The number of carbonyl (C=O) groups excluding carboxylic acids is 1. The van der Waals surface area contributed by atoms with Crippen molar-refractivity contribution in [1.82, 2.24) is 4.90 Å². The molecule has 0 aromatic carbocycles. The summed E-state index contributed by atoms with van der Waals surface area (Å²) in [5.74, 6) is -2.95. The van der Waals surface area contributed by atoms with E-state index in [9.17, 15) is 13.6 Å². The number of hydrogen-bond donors (Lipinski definition) is 1. The van der Waals surface area contributed by atoms with Crippen LogP contribution >= 0.6 is 0 Å². The molecule has 0 unspecified atom stereocenters. The van der Waals surface area contributed by atoms with Crippen LogP contribution in [0.1, 0.15) is 25.7 Å². The van der Waals surface area contributed by atoms with Gasteiger partial charge in [0.05, 0.1) is 0 Å². The lowest BCUT2D eigenvalue weighted by Crippen LogP contribution is -2.49. The highest BCUT2D eigenvalue weighted by Gasteiger charge is 2.49. The average molecular weight is 233 g/mol. The summed E-state index contributed by atoms with van der Waals surface area (Å²) < 4.78 is 25.3. The van der Waals surface area contributed by atoms with Crippen molar-refractivity contribution in [3.8, 4) is 0 Å². The van der Waals surface area contributed by atoms with Crippen molar-refractivity contribution in [3.63, 3.8) is 0 Å². The van der Waals surface area contributed by atoms with E-state index in [-0.39, 0.29) is 31.3 Å². The molecule has 2 aliphatic rings. The van der Waals surface area contributed by atoms with Crippen LogP contribution in [0.5, 0.6) is 0 Å². The summed E-state index contributed by atoms with van der Waals surface area (Å²) in [5.41, 5.74) is 0. The van der Waals surface area contributed by atoms with Gasteiger partial charge in [-0.05, 0) is 18.8 Å². The molecule has 1 heterocycles. The molecule has 3 nitrogen and oxygen atoms in total. The molecule has 0 atom stereocenters. The van der Waals surface area contributed by atoms with Crippen LogP contribution in [-0.2, 0) is 4.79 Å². The first-order valence-electron chi connectivity index (χ1n) is 5.79. The van der Waals surface area contributed by atoms with Crippen LogP contribution in [0.15, 0.2) is 0 Å². The van der Waals surface area contributed by atoms with E-state index in [1.165, 1.54) is 0 Å². The number of aliphatic hydroxyl groups excluding tert-OH is 1. The zero-order valence-electron chi connectivity index (χ0n) is 9.16. The number of hydrogen-bond acceptors (Lipinski definition) is 2. The highest BCUT2D eigenvalue weighted by Crippen LogP contribution is 2.43. The quantitative estimate of drug-likeness (QED) is 0.780. The van der Waals surface area contributed by atoms with Gasteiger partial charge in [0.15, 0.2) is 0 Å². The molecule has 1 N–H and O–H groups in total. The molecule has 1 saturated carbocycles.